The average Bonchev–Trinajstić information content (AvgIpc) is 3.40. The van der Waals surface area contributed by atoms with Gasteiger partial charge in [0.1, 0.15) is 12.1 Å². The molecule has 0 saturated carbocycles. The summed E-state index contributed by atoms with van der Waals surface area (Å²) < 4.78 is 2.78. The van der Waals surface area contributed by atoms with E-state index >= 15 is 0 Å². The van der Waals surface area contributed by atoms with Gasteiger partial charge in [-0.3, -0.25) is 4.79 Å². The Morgan fingerprint density at radius 2 is 1.83 bits per heavy atom. The van der Waals surface area contributed by atoms with Crippen molar-refractivity contribution >= 4 is 33.3 Å². The molecule has 0 bridgehead atoms. The molecule has 8 nitrogen and oxygen atoms in total. The molecule has 0 atom stereocenters. The number of benzene rings is 1. The van der Waals surface area contributed by atoms with E-state index in [4.69, 9.17) is 0 Å². The Kier molecular flexibility index (Phi) is 4.44. The lowest BCUT2D eigenvalue weighted by atomic mass is 10.3. The molecule has 4 aromatic rings. The number of anilines is 1. The summed E-state index contributed by atoms with van der Waals surface area (Å²) in [6.45, 7) is 4.64. The lowest BCUT2D eigenvalue weighted by molar-refractivity contribution is 0.0746. The number of aromatic nitrogens is 5. The monoisotopic (exact) mass is 405 g/mol. The highest BCUT2D eigenvalue weighted by Crippen LogP contribution is 2.23. The summed E-state index contributed by atoms with van der Waals surface area (Å²) in [5.41, 5.74) is 1.81. The number of thiazole rings is 1. The van der Waals surface area contributed by atoms with Crippen LogP contribution < -0.4 is 4.90 Å². The number of piperazine rings is 1. The summed E-state index contributed by atoms with van der Waals surface area (Å²) in [5, 5.41) is 4.96. The van der Waals surface area contributed by atoms with Crippen molar-refractivity contribution in [3.05, 3.63) is 59.6 Å². The topological polar surface area (TPSA) is 80.0 Å². The molecule has 5 rings (SSSR count). The molecule has 1 aromatic carbocycles. The summed E-state index contributed by atoms with van der Waals surface area (Å²) in [6, 6.07) is 11.7. The van der Waals surface area contributed by atoms with Crippen LogP contribution in [-0.2, 0) is 0 Å². The molecule has 3 aromatic heterocycles. The van der Waals surface area contributed by atoms with Crippen LogP contribution in [0, 0.1) is 6.92 Å². The maximum atomic E-state index is 12.9. The summed E-state index contributed by atoms with van der Waals surface area (Å²) in [7, 11) is 0. The predicted octanol–water partition coefficient (Wildman–Crippen LogP) is 2.54. The number of fused-ring (bicyclic) bond motifs is 1. The van der Waals surface area contributed by atoms with Crippen LogP contribution in [0.2, 0.25) is 0 Å². The van der Waals surface area contributed by atoms with E-state index in [1.165, 1.54) is 11.3 Å². The van der Waals surface area contributed by atoms with Gasteiger partial charge < -0.3 is 9.80 Å². The number of aryl methyl sites for hydroxylation is 1. The molecule has 0 spiro atoms. The number of hydrogen-bond acceptors (Lipinski definition) is 7. The Morgan fingerprint density at radius 3 is 2.59 bits per heavy atom. The molecular weight excluding hydrogens is 386 g/mol. The van der Waals surface area contributed by atoms with E-state index in [0.717, 1.165) is 27.5 Å². The highest BCUT2D eigenvalue weighted by atomic mass is 32.1. The van der Waals surface area contributed by atoms with Crippen molar-refractivity contribution in [3.63, 3.8) is 0 Å². The Morgan fingerprint density at radius 1 is 1.03 bits per heavy atom. The van der Waals surface area contributed by atoms with Crippen LogP contribution in [0.3, 0.4) is 0 Å². The minimum Gasteiger partial charge on any atom is -0.353 e. The number of para-hydroxylation sites is 1. The van der Waals surface area contributed by atoms with Crippen molar-refractivity contribution in [1.29, 1.82) is 0 Å². The highest BCUT2D eigenvalue weighted by molar-refractivity contribution is 7.20. The Balaban J connectivity index is 1.28. The molecule has 0 aliphatic carbocycles. The van der Waals surface area contributed by atoms with E-state index in [-0.39, 0.29) is 5.91 Å². The van der Waals surface area contributed by atoms with Crippen LogP contribution in [0.4, 0.5) is 5.82 Å². The summed E-state index contributed by atoms with van der Waals surface area (Å²) in [5.74, 6) is 1.58. The fourth-order valence-corrected chi connectivity index (χ4v) is 4.35. The predicted molar refractivity (Wildman–Crippen MR) is 112 cm³/mol. The van der Waals surface area contributed by atoms with Crippen LogP contribution in [0.1, 0.15) is 15.5 Å². The zero-order valence-electron chi connectivity index (χ0n) is 15.9. The first-order valence-corrected chi connectivity index (χ1v) is 10.2. The molecule has 1 aliphatic rings. The number of nitrogens with zero attached hydrogens (tertiary/aromatic N) is 7. The van der Waals surface area contributed by atoms with Crippen LogP contribution in [0.5, 0.6) is 0 Å². The van der Waals surface area contributed by atoms with Gasteiger partial charge in [-0.2, -0.15) is 5.10 Å². The average molecular weight is 405 g/mol. The van der Waals surface area contributed by atoms with Crippen molar-refractivity contribution in [1.82, 2.24) is 29.6 Å². The molecule has 1 saturated heterocycles. The first-order valence-electron chi connectivity index (χ1n) is 9.42. The molecule has 29 heavy (non-hydrogen) atoms. The van der Waals surface area contributed by atoms with Gasteiger partial charge in [-0.1, -0.05) is 12.1 Å². The van der Waals surface area contributed by atoms with Crippen molar-refractivity contribution < 1.29 is 4.79 Å². The first-order chi connectivity index (χ1) is 14.2. The second-order valence-corrected chi connectivity index (χ2v) is 7.93. The number of carbonyl (C=O) groups excluding carboxylic acids is 1. The van der Waals surface area contributed by atoms with Gasteiger partial charge in [-0.25, -0.2) is 19.6 Å². The van der Waals surface area contributed by atoms with Crippen LogP contribution >= 0.6 is 11.3 Å². The number of carbonyl (C=O) groups is 1. The van der Waals surface area contributed by atoms with E-state index in [1.54, 1.807) is 11.0 Å². The van der Waals surface area contributed by atoms with Crippen LogP contribution in [0.25, 0.3) is 16.0 Å². The zero-order chi connectivity index (χ0) is 19.8. The molecule has 1 amide bonds. The lowest BCUT2D eigenvalue weighted by Crippen LogP contribution is -2.49. The van der Waals surface area contributed by atoms with Gasteiger partial charge in [-0.15, -0.1) is 11.3 Å². The summed E-state index contributed by atoms with van der Waals surface area (Å²) in [6.07, 6.45) is 3.44. The minimum absolute atomic E-state index is 0.00115. The number of amides is 1. The Hall–Kier alpha value is -3.33. The first kappa shape index (κ1) is 17.7. The Bertz CT molecular complexity index is 1140. The fraction of sp³-hybridized carbons (Fsp3) is 0.250. The van der Waals surface area contributed by atoms with E-state index in [9.17, 15) is 4.79 Å². The van der Waals surface area contributed by atoms with Crippen molar-refractivity contribution in [2.45, 2.75) is 6.92 Å². The van der Waals surface area contributed by atoms with E-state index in [0.29, 0.717) is 31.2 Å². The van der Waals surface area contributed by atoms with Gasteiger partial charge in [0.25, 0.3) is 5.91 Å². The third kappa shape index (κ3) is 3.44. The molecule has 1 fully saturated rings. The van der Waals surface area contributed by atoms with Crippen molar-refractivity contribution in [2.24, 2.45) is 0 Å². The molecule has 9 heteroatoms. The minimum atomic E-state index is 0.00115. The Labute approximate surface area is 171 Å². The third-order valence-corrected chi connectivity index (χ3v) is 5.99. The van der Waals surface area contributed by atoms with Crippen LogP contribution in [-0.4, -0.2) is 61.7 Å². The van der Waals surface area contributed by atoms with Crippen LogP contribution in [0.15, 0.2) is 48.9 Å². The largest absolute Gasteiger partial charge is 0.353 e. The fourth-order valence-electron chi connectivity index (χ4n) is 3.42. The number of hydrogen-bond donors (Lipinski definition) is 0. The zero-order valence-corrected chi connectivity index (χ0v) is 16.7. The van der Waals surface area contributed by atoms with Gasteiger partial charge in [0.05, 0.1) is 15.9 Å². The quantitative estimate of drug-likeness (QED) is 0.521. The van der Waals surface area contributed by atoms with Gasteiger partial charge >= 0.3 is 0 Å². The van der Waals surface area contributed by atoms with E-state index < -0.39 is 0 Å². The summed E-state index contributed by atoms with van der Waals surface area (Å²) in [4.78, 5) is 30.1. The molecule has 0 radical (unpaired) electrons. The maximum absolute atomic E-state index is 12.9. The second kappa shape index (κ2) is 7.25. The molecular formula is C20H19N7OS. The molecule has 4 heterocycles. The molecule has 1 aliphatic heterocycles. The second-order valence-electron chi connectivity index (χ2n) is 6.90. The lowest BCUT2D eigenvalue weighted by Gasteiger charge is -2.35. The van der Waals surface area contributed by atoms with Gasteiger partial charge in [0, 0.05) is 38.4 Å². The third-order valence-electron chi connectivity index (χ3n) is 4.96. The highest BCUT2D eigenvalue weighted by Gasteiger charge is 2.25. The number of rotatable bonds is 3. The van der Waals surface area contributed by atoms with Gasteiger partial charge in [0.2, 0.25) is 0 Å². The van der Waals surface area contributed by atoms with Crippen molar-refractivity contribution in [2.75, 3.05) is 31.1 Å². The van der Waals surface area contributed by atoms with E-state index in [1.807, 2.05) is 54.4 Å². The maximum Gasteiger partial charge on any atom is 0.282 e. The molecule has 146 valence electrons. The standard InChI is InChI=1S/C20H19N7OS/c1-14-6-7-27(24-14)18-12-17(21-13-22-18)25-8-10-26(11-9-25)20(28)19-23-15-4-2-3-5-16(15)29-19/h2-7,12-13H,8-11H2,1H3. The molecule has 0 unspecified atom stereocenters. The smallest absolute Gasteiger partial charge is 0.282 e. The molecule has 0 N–H and O–H groups in total. The van der Waals surface area contributed by atoms with Gasteiger partial charge in [-0.05, 0) is 25.1 Å². The van der Waals surface area contributed by atoms with Gasteiger partial charge in [0.15, 0.2) is 10.8 Å². The summed E-state index contributed by atoms with van der Waals surface area (Å²) >= 11 is 1.45. The SMILES string of the molecule is Cc1ccn(-c2cc(N3CCN(C(=O)c4nc5ccccc5s4)CC3)ncn2)n1. The van der Waals surface area contributed by atoms with E-state index in [2.05, 4.69) is 25.0 Å². The van der Waals surface area contributed by atoms with Crippen molar-refractivity contribution in [3.8, 4) is 5.82 Å². The normalized spacial score (nSPS) is 14.5.